The smallest absolute Gasteiger partial charge is 0.264 e. The minimum Gasteiger partial charge on any atom is -0.316 e. The van der Waals surface area contributed by atoms with Gasteiger partial charge in [-0.1, -0.05) is 25.2 Å². The molecule has 0 amide bonds. The summed E-state index contributed by atoms with van der Waals surface area (Å²) in [7, 11) is 0. The Hall–Kier alpha value is -1.60. The Bertz CT molecular complexity index is 557. The van der Waals surface area contributed by atoms with Gasteiger partial charge in [0, 0.05) is 19.0 Å². The van der Waals surface area contributed by atoms with Crippen LogP contribution in [0.2, 0.25) is 0 Å². The molecule has 2 aromatic heterocycles. The van der Waals surface area contributed by atoms with Gasteiger partial charge in [-0.05, 0) is 18.5 Å². The van der Waals surface area contributed by atoms with Crippen molar-refractivity contribution in [1.29, 1.82) is 0 Å². The molecule has 0 aromatic carbocycles. The van der Waals surface area contributed by atoms with Gasteiger partial charge in [0.2, 0.25) is 0 Å². The molecule has 19 heavy (non-hydrogen) atoms. The van der Waals surface area contributed by atoms with Crippen LogP contribution in [0.1, 0.15) is 18.9 Å². The summed E-state index contributed by atoms with van der Waals surface area (Å²) in [6, 6.07) is 3.09. The van der Waals surface area contributed by atoms with Crippen LogP contribution >= 0.6 is 11.3 Å². The van der Waals surface area contributed by atoms with E-state index in [1.165, 1.54) is 17.4 Å². The van der Waals surface area contributed by atoms with Crippen molar-refractivity contribution in [1.82, 2.24) is 25.7 Å². The number of aromatic nitrogens is 4. The van der Waals surface area contributed by atoms with Crippen molar-refractivity contribution in [3.8, 4) is 10.7 Å². The first-order valence-electron chi connectivity index (χ1n) is 6.24. The Labute approximate surface area is 115 Å². The van der Waals surface area contributed by atoms with Crippen LogP contribution in [0, 0.1) is 5.92 Å². The summed E-state index contributed by atoms with van der Waals surface area (Å²) in [5.74, 6) is 0.648. The third-order valence-corrected chi connectivity index (χ3v) is 3.44. The zero-order valence-electron chi connectivity index (χ0n) is 11.0. The topological polar surface area (TPSA) is 83.6 Å². The lowest BCUT2D eigenvalue weighted by atomic mass is 10.2. The molecule has 0 aliphatic heterocycles. The van der Waals surface area contributed by atoms with Crippen LogP contribution < -0.4 is 10.9 Å². The summed E-state index contributed by atoms with van der Waals surface area (Å²) in [5, 5.41) is 19.6. The lowest BCUT2D eigenvalue weighted by Crippen LogP contribution is -2.22. The number of nitrogens with zero attached hydrogens (tertiary/aromatic N) is 3. The van der Waals surface area contributed by atoms with Crippen LogP contribution in [-0.2, 0) is 6.42 Å². The third-order valence-electron chi connectivity index (χ3n) is 2.43. The lowest BCUT2D eigenvalue weighted by molar-refractivity contribution is 0.553. The van der Waals surface area contributed by atoms with Crippen LogP contribution in [0.3, 0.4) is 0 Å². The number of rotatable bonds is 6. The molecule has 0 bridgehead atoms. The Morgan fingerprint density at radius 2 is 2.21 bits per heavy atom. The largest absolute Gasteiger partial charge is 0.316 e. The molecule has 2 N–H and O–H groups in total. The molecule has 0 fully saturated rings. The van der Waals surface area contributed by atoms with Gasteiger partial charge in [0.1, 0.15) is 10.7 Å². The van der Waals surface area contributed by atoms with Gasteiger partial charge >= 0.3 is 0 Å². The van der Waals surface area contributed by atoms with E-state index in [4.69, 9.17) is 0 Å². The van der Waals surface area contributed by atoms with E-state index in [0.717, 1.165) is 29.5 Å². The van der Waals surface area contributed by atoms with Gasteiger partial charge in [0.05, 0.1) is 0 Å². The van der Waals surface area contributed by atoms with Gasteiger partial charge in [-0.15, -0.1) is 10.2 Å². The highest BCUT2D eigenvalue weighted by atomic mass is 32.1. The SMILES string of the molecule is CC(C)CNCCc1nnc(-c2ccc(=O)[nH]n2)s1. The van der Waals surface area contributed by atoms with Gasteiger partial charge in [-0.25, -0.2) is 5.10 Å². The Morgan fingerprint density at radius 1 is 1.37 bits per heavy atom. The fraction of sp³-hybridized carbons (Fsp3) is 0.500. The molecule has 0 aliphatic rings. The molecule has 0 spiro atoms. The van der Waals surface area contributed by atoms with Crippen molar-refractivity contribution in [3.05, 3.63) is 27.5 Å². The fourth-order valence-electron chi connectivity index (χ4n) is 1.51. The zero-order chi connectivity index (χ0) is 13.7. The number of nitrogens with one attached hydrogen (secondary N) is 2. The molecule has 2 aromatic rings. The van der Waals surface area contributed by atoms with E-state index in [9.17, 15) is 4.79 Å². The van der Waals surface area contributed by atoms with Gasteiger partial charge in [0.25, 0.3) is 5.56 Å². The summed E-state index contributed by atoms with van der Waals surface area (Å²) in [6.07, 6.45) is 0.855. The molecule has 0 saturated carbocycles. The van der Waals surface area contributed by atoms with Crippen LogP contribution in [0.25, 0.3) is 10.7 Å². The van der Waals surface area contributed by atoms with E-state index in [1.54, 1.807) is 6.07 Å². The number of hydrogen-bond acceptors (Lipinski definition) is 6. The fourth-order valence-corrected chi connectivity index (χ4v) is 2.32. The molecule has 7 heteroatoms. The predicted molar refractivity (Wildman–Crippen MR) is 75.2 cm³/mol. The van der Waals surface area contributed by atoms with Crippen LogP contribution in [0.5, 0.6) is 0 Å². The van der Waals surface area contributed by atoms with Gasteiger partial charge in [-0.2, -0.15) is 5.10 Å². The molecule has 2 heterocycles. The minimum atomic E-state index is -0.216. The zero-order valence-corrected chi connectivity index (χ0v) is 11.8. The first kappa shape index (κ1) is 13.8. The molecule has 0 aliphatic carbocycles. The summed E-state index contributed by atoms with van der Waals surface area (Å²) in [5.41, 5.74) is 0.435. The number of aromatic amines is 1. The second-order valence-corrected chi connectivity index (χ2v) is 5.72. The Balaban J connectivity index is 1.92. The van der Waals surface area contributed by atoms with Crippen molar-refractivity contribution in [2.24, 2.45) is 5.92 Å². The quantitative estimate of drug-likeness (QED) is 0.773. The predicted octanol–water partition coefficient (Wildman–Crippen LogP) is 1.08. The van der Waals surface area contributed by atoms with E-state index in [-0.39, 0.29) is 5.56 Å². The number of hydrogen-bond donors (Lipinski definition) is 2. The first-order chi connectivity index (χ1) is 9.15. The van der Waals surface area contributed by atoms with E-state index in [2.05, 4.69) is 39.6 Å². The maximum absolute atomic E-state index is 10.9. The maximum Gasteiger partial charge on any atom is 0.264 e. The second kappa shape index (κ2) is 6.53. The highest BCUT2D eigenvalue weighted by Gasteiger charge is 2.07. The number of H-pyrrole nitrogens is 1. The molecular weight excluding hydrogens is 262 g/mol. The van der Waals surface area contributed by atoms with Crippen molar-refractivity contribution >= 4 is 11.3 Å². The van der Waals surface area contributed by atoms with Crippen LogP contribution in [0.15, 0.2) is 16.9 Å². The molecular formula is C12H17N5OS. The summed E-state index contributed by atoms with van der Waals surface area (Å²) >= 11 is 1.50. The van der Waals surface area contributed by atoms with Crippen molar-refractivity contribution < 1.29 is 0 Å². The average Bonchev–Trinajstić information content (AvgIpc) is 2.84. The second-order valence-electron chi connectivity index (χ2n) is 4.66. The average molecular weight is 279 g/mol. The van der Waals surface area contributed by atoms with Gasteiger partial charge in [0.15, 0.2) is 5.01 Å². The van der Waals surface area contributed by atoms with Crippen molar-refractivity contribution in [2.45, 2.75) is 20.3 Å². The minimum absolute atomic E-state index is 0.216. The van der Waals surface area contributed by atoms with Crippen molar-refractivity contribution in [3.63, 3.8) is 0 Å². The van der Waals surface area contributed by atoms with Crippen LogP contribution in [-0.4, -0.2) is 33.5 Å². The Kier molecular flexibility index (Phi) is 4.75. The highest BCUT2D eigenvalue weighted by Crippen LogP contribution is 2.20. The van der Waals surface area contributed by atoms with Crippen LogP contribution in [0.4, 0.5) is 0 Å². The third kappa shape index (κ3) is 4.22. The van der Waals surface area contributed by atoms with Gasteiger partial charge in [-0.3, -0.25) is 4.79 Å². The van der Waals surface area contributed by atoms with E-state index < -0.39 is 0 Å². The molecule has 0 saturated heterocycles. The van der Waals surface area contributed by atoms with E-state index in [0.29, 0.717) is 11.6 Å². The monoisotopic (exact) mass is 279 g/mol. The molecule has 6 nitrogen and oxygen atoms in total. The summed E-state index contributed by atoms with van der Waals surface area (Å²) in [4.78, 5) is 10.9. The van der Waals surface area contributed by atoms with Gasteiger partial charge < -0.3 is 5.32 Å². The molecule has 0 atom stereocenters. The summed E-state index contributed by atoms with van der Waals surface area (Å²) < 4.78 is 0. The van der Waals surface area contributed by atoms with E-state index >= 15 is 0 Å². The molecule has 102 valence electrons. The first-order valence-corrected chi connectivity index (χ1v) is 7.06. The highest BCUT2D eigenvalue weighted by molar-refractivity contribution is 7.14. The van der Waals surface area contributed by atoms with Crippen molar-refractivity contribution in [2.75, 3.05) is 13.1 Å². The molecule has 0 radical (unpaired) electrons. The molecule has 0 unspecified atom stereocenters. The van der Waals surface area contributed by atoms with E-state index in [1.807, 2.05) is 0 Å². The maximum atomic E-state index is 10.9. The Morgan fingerprint density at radius 3 is 2.89 bits per heavy atom. The molecule has 2 rings (SSSR count). The lowest BCUT2D eigenvalue weighted by Gasteiger charge is -2.04. The normalized spacial score (nSPS) is 11.1. The standard InChI is InChI=1S/C12H17N5OS/c1-8(2)7-13-6-5-11-16-17-12(19-11)9-3-4-10(18)15-14-9/h3-4,8,13H,5-7H2,1-2H3,(H,15,18). The summed E-state index contributed by atoms with van der Waals surface area (Å²) in [6.45, 7) is 6.26.